The summed E-state index contributed by atoms with van der Waals surface area (Å²) < 4.78 is 27.3. The molecule has 0 N–H and O–H groups in total. The third kappa shape index (κ3) is 10.4. The zero-order valence-electron chi connectivity index (χ0n) is 34.7. The van der Waals surface area contributed by atoms with Gasteiger partial charge in [-0.2, -0.15) is 0 Å². The third-order valence-corrected chi connectivity index (χ3v) is 23.2. The Balaban J connectivity index is 1.81. The molecule has 0 heterocycles. The van der Waals surface area contributed by atoms with Gasteiger partial charge in [0.2, 0.25) is 0 Å². The molecule has 278 valence electrons. The number of fused-ring (bicyclic) bond motifs is 1. The Kier molecular flexibility index (Phi) is 13.1. The van der Waals surface area contributed by atoms with E-state index in [9.17, 15) is 0 Å². The minimum atomic E-state index is -1.99. The molecule has 0 aromatic carbocycles. The molecule has 0 bridgehead atoms. The van der Waals surface area contributed by atoms with E-state index in [4.69, 9.17) is 24.6 Å². The Bertz CT molecular complexity index is 1180. The number of hydrogen-bond acceptors (Lipinski definition) is 4. The lowest BCUT2D eigenvalue weighted by Gasteiger charge is -2.45. The van der Waals surface area contributed by atoms with Crippen LogP contribution in [0.1, 0.15) is 121 Å². The van der Waals surface area contributed by atoms with Crippen molar-refractivity contribution < 1.29 is 18.0 Å². The quantitative estimate of drug-likeness (QED) is 0.188. The lowest BCUT2D eigenvalue weighted by atomic mass is 9.62. The van der Waals surface area contributed by atoms with Gasteiger partial charge in [0.15, 0.2) is 25.0 Å². The molecule has 0 unspecified atom stereocenters. The molecule has 4 nitrogen and oxygen atoms in total. The Hall–Kier alpha value is -0.289. The van der Waals surface area contributed by atoms with Gasteiger partial charge in [0.25, 0.3) is 0 Å². The van der Waals surface area contributed by atoms with E-state index in [2.05, 4.69) is 127 Å². The van der Waals surface area contributed by atoms with Crippen LogP contribution in [-0.2, 0) is 18.0 Å². The third-order valence-electron chi connectivity index (χ3n) is 13.0. The maximum atomic E-state index is 7.10. The highest BCUT2D eigenvalue weighted by Crippen LogP contribution is 2.59. The van der Waals surface area contributed by atoms with E-state index in [1.165, 1.54) is 43.3 Å². The summed E-state index contributed by atoms with van der Waals surface area (Å²) in [6.45, 7) is 45.2. The van der Waals surface area contributed by atoms with Gasteiger partial charge < -0.3 is 18.0 Å². The van der Waals surface area contributed by atoms with Crippen molar-refractivity contribution in [2.24, 2.45) is 17.3 Å². The van der Waals surface area contributed by atoms with Crippen LogP contribution in [-0.4, -0.2) is 55.5 Å². The van der Waals surface area contributed by atoms with Crippen LogP contribution in [0.4, 0.5) is 0 Å². The van der Waals surface area contributed by atoms with E-state index < -0.39 is 25.0 Å². The molecule has 3 saturated carbocycles. The van der Waals surface area contributed by atoms with Crippen LogP contribution in [0.3, 0.4) is 0 Å². The molecule has 3 fully saturated rings. The van der Waals surface area contributed by atoms with Gasteiger partial charge in [0.1, 0.15) is 0 Å². The lowest BCUT2D eigenvalue weighted by Crippen LogP contribution is -2.49. The summed E-state index contributed by atoms with van der Waals surface area (Å²) in [6.07, 6.45) is 14.5. The first-order valence-electron chi connectivity index (χ1n) is 19.3. The maximum Gasteiger partial charge on any atom is 0.192 e. The van der Waals surface area contributed by atoms with Gasteiger partial charge in [-0.15, -0.1) is 0 Å². The Morgan fingerprint density at radius 2 is 1.46 bits per heavy atom. The van der Waals surface area contributed by atoms with Crippen molar-refractivity contribution in [3.63, 3.8) is 0 Å². The fourth-order valence-electron chi connectivity index (χ4n) is 8.30. The van der Waals surface area contributed by atoms with E-state index in [1.54, 1.807) is 5.57 Å². The molecule has 0 aliphatic heterocycles. The van der Waals surface area contributed by atoms with E-state index in [0.29, 0.717) is 11.8 Å². The number of rotatable bonds is 12. The smallest absolute Gasteiger partial charge is 0.192 e. The molecule has 3 aliphatic rings. The lowest BCUT2D eigenvalue weighted by molar-refractivity contribution is -0.0423. The second-order valence-electron chi connectivity index (χ2n) is 20.7. The zero-order valence-corrected chi connectivity index (χ0v) is 37.7. The predicted molar refractivity (Wildman–Crippen MR) is 215 cm³/mol. The van der Waals surface area contributed by atoms with Crippen molar-refractivity contribution in [1.29, 1.82) is 0 Å². The second-order valence-corrected chi connectivity index (χ2v) is 34.6. The minimum absolute atomic E-state index is 0.0191. The molecule has 0 spiro atoms. The van der Waals surface area contributed by atoms with Crippen molar-refractivity contribution in [2.75, 3.05) is 6.61 Å². The van der Waals surface area contributed by atoms with Gasteiger partial charge in [-0.05, 0) is 150 Å². The molecule has 0 aromatic rings. The van der Waals surface area contributed by atoms with E-state index in [0.717, 1.165) is 25.9 Å². The van der Waals surface area contributed by atoms with Crippen LogP contribution in [0.25, 0.3) is 0 Å². The van der Waals surface area contributed by atoms with Gasteiger partial charge >= 0.3 is 0 Å². The highest BCUT2D eigenvalue weighted by atomic mass is 28.4. The van der Waals surface area contributed by atoms with Crippen LogP contribution in [0.15, 0.2) is 35.5 Å². The molecule has 0 saturated heterocycles. The summed E-state index contributed by atoms with van der Waals surface area (Å²) in [5.74, 6) is 1.22. The maximum absolute atomic E-state index is 7.10. The molecule has 0 amide bonds. The predicted octanol–water partition coefficient (Wildman–Crippen LogP) is 12.6. The Labute approximate surface area is 301 Å². The summed E-state index contributed by atoms with van der Waals surface area (Å²) in [5, 5.41) is 0.324. The van der Waals surface area contributed by atoms with Gasteiger partial charge in [-0.25, -0.2) is 0 Å². The highest BCUT2D eigenvalue weighted by molar-refractivity contribution is 6.74. The topological polar surface area (TPSA) is 36.9 Å². The first-order chi connectivity index (χ1) is 21.6. The fraction of sp³-hybridized carbons (Fsp3) is 0.854. The normalized spacial score (nSPS) is 30.6. The monoisotopic (exact) mass is 719 g/mol. The summed E-state index contributed by atoms with van der Waals surface area (Å²) >= 11 is 0. The Morgan fingerprint density at radius 1 is 0.875 bits per heavy atom. The molecular weight excluding hydrogens is 641 g/mol. The number of allylic oxidation sites excluding steroid dienone is 3. The summed E-state index contributed by atoms with van der Waals surface area (Å²) in [4.78, 5) is 0. The minimum Gasteiger partial charge on any atom is -0.413 e. The van der Waals surface area contributed by atoms with Gasteiger partial charge in [0, 0.05) is 13.0 Å². The first-order valence-corrected chi connectivity index (χ1v) is 28.6. The van der Waals surface area contributed by atoms with Crippen molar-refractivity contribution in [2.45, 2.75) is 200 Å². The van der Waals surface area contributed by atoms with Gasteiger partial charge in [-0.3, -0.25) is 0 Å². The van der Waals surface area contributed by atoms with Crippen molar-refractivity contribution >= 4 is 25.0 Å². The SMILES string of the molecule is C=C1/C(=C\C=C2/CCC[C@]3(C)[C@@H]([C@H](C)OCCC(C)(C)O[Si](C)(C)C)CC[C@@H]23)C[C@@H](O[Si](C)(C)C(C)(C)C)C[C@@H]1O[Si](C)(C)C(C)(C)C. The molecule has 7 heteroatoms. The second kappa shape index (κ2) is 15.0. The van der Waals surface area contributed by atoms with E-state index >= 15 is 0 Å². The van der Waals surface area contributed by atoms with Gasteiger partial charge in [-0.1, -0.05) is 72.8 Å². The Morgan fingerprint density at radius 3 is 2.02 bits per heavy atom. The summed E-state index contributed by atoms with van der Waals surface area (Å²) in [6, 6.07) is 0. The van der Waals surface area contributed by atoms with Gasteiger partial charge in [0.05, 0.1) is 23.9 Å². The van der Waals surface area contributed by atoms with Crippen LogP contribution in [0.2, 0.25) is 55.9 Å². The molecule has 0 radical (unpaired) electrons. The standard InChI is InChI=1S/C41H78O4Si3/c1-30-33(28-34(43-47(15,16)38(3,4)5)29-37(30)44-48(17,18)39(6,7)8)22-21-32-20-19-25-41(11)35(23-24-36(32)41)31(2)42-27-26-40(9,10)45-46(12,13)14/h21-22,31,34-37H,1,19-20,23-29H2,2-18H3/b32-21+,33-22-/t31-,34+,35+,36-,37-,41+/m0/s1. The average molecular weight is 719 g/mol. The van der Waals surface area contributed by atoms with E-state index in [-0.39, 0.29) is 39.4 Å². The number of ether oxygens (including phenoxy) is 1. The highest BCUT2D eigenvalue weighted by Gasteiger charge is 2.51. The van der Waals surface area contributed by atoms with E-state index in [1.807, 2.05) is 0 Å². The molecule has 48 heavy (non-hydrogen) atoms. The first kappa shape index (κ1) is 42.1. The molecule has 3 rings (SSSR count). The van der Waals surface area contributed by atoms with Crippen LogP contribution in [0.5, 0.6) is 0 Å². The van der Waals surface area contributed by atoms with Crippen LogP contribution < -0.4 is 0 Å². The molecular formula is C41H78O4Si3. The molecule has 3 aliphatic carbocycles. The van der Waals surface area contributed by atoms with Crippen molar-refractivity contribution in [3.05, 3.63) is 35.5 Å². The van der Waals surface area contributed by atoms with Crippen LogP contribution >= 0.6 is 0 Å². The zero-order chi connectivity index (χ0) is 36.7. The molecule has 6 atom stereocenters. The summed E-state index contributed by atoms with van der Waals surface area (Å²) in [7, 11) is -5.51. The fourth-order valence-corrected chi connectivity index (χ4v) is 12.7. The van der Waals surface area contributed by atoms with Crippen molar-refractivity contribution in [1.82, 2.24) is 0 Å². The summed E-state index contributed by atoms with van der Waals surface area (Å²) in [5.41, 5.74) is 4.31. The molecule has 0 aromatic heterocycles. The van der Waals surface area contributed by atoms with Crippen LogP contribution in [0, 0.1) is 17.3 Å². The number of hydrogen-bond donors (Lipinski definition) is 0. The van der Waals surface area contributed by atoms with Crippen molar-refractivity contribution in [3.8, 4) is 0 Å². The average Bonchev–Trinajstić information content (AvgIpc) is 3.24. The largest absolute Gasteiger partial charge is 0.413 e.